The number of hydrogen-bond acceptors (Lipinski definition) is 3. The summed E-state index contributed by atoms with van der Waals surface area (Å²) in [4.78, 5) is 0.210. The smallest absolute Gasteiger partial charge is 0.238 e. The van der Waals surface area contributed by atoms with Crippen molar-refractivity contribution in [2.24, 2.45) is 11.1 Å². The van der Waals surface area contributed by atoms with Crippen LogP contribution in [-0.2, 0) is 10.0 Å². The lowest BCUT2D eigenvalue weighted by molar-refractivity contribution is 0.361. The van der Waals surface area contributed by atoms with Crippen LogP contribution in [0.15, 0.2) is 23.1 Å². The topological polar surface area (TPSA) is 72.2 Å². The Labute approximate surface area is 115 Å². The molecular weight excluding hydrogens is 260 g/mol. The highest BCUT2D eigenvalue weighted by Crippen LogP contribution is 2.27. The zero-order valence-electron chi connectivity index (χ0n) is 11.5. The van der Waals surface area contributed by atoms with Crippen molar-refractivity contribution >= 4 is 15.7 Å². The monoisotopic (exact) mass is 282 g/mol. The first-order valence-corrected chi connectivity index (χ1v) is 8.31. The van der Waals surface area contributed by atoms with Crippen LogP contribution in [0.3, 0.4) is 0 Å². The maximum atomic E-state index is 11.5. The van der Waals surface area contributed by atoms with E-state index in [2.05, 4.69) is 12.2 Å². The lowest BCUT2D eigenvalue weighted by atomic mass is 9.87. The van der Waals surface area contributed by atoms with Crippen LogP contribution < -0.4 is 10.5 Å². The van der Waals surface area contributed by atoms with Gasteiger partial charge in [0.25, 0.3) is 0 Å². The minimum absolute atomic E-state index is 0.210. The summed E-state index contributed by atoms with van der Waals surface area (Å²) in [6, 6.07) is 5.80. The van der Waals surface area contributed by atoms with Gasteiger partial charge in [0.1, 0.15) is 0 Å². The van der Waals surface area contributed by atoms with E-state index in [1.807, 2.05) is 6.07 Å². The number of primary sulfonamides is 1. The third-order valence-corrected chi connectivity index (χ3v) is 4.93. The van der Waals surface area contributed by atoms with E-state index in [4.69, 9.17) is 5.14 Å². The SMILES string of the molecule is Cc1ccc(NC2CCC(C)CC2)cc1S(N)(=O)=O. The summed E-state index contributed by atoms with van der Waals surface area (Å²) in [5.74, 6) is 0.802. The molecule has 0 saturated heterocycles. The van der Waals surface area contributed by atoms with Gasteiger partial charge in [-0.25, -0.2) is 13.6 Å². The maximum Gasteiger partial charge on any atom is 0.238 e. The minimum atomic E-state index is -3.65. The van der Waals surface area contributed by atoms with Crippen LogP contribution in [0.2, 0.25) is 0 Å². The Morgan fingerprint density at radius 1 is 1.21 bits per heavy atom. The molecule has 0 radical (unpaired) electrons. The van der Waals surface area contributed by atoms with Gasteiger partial charge in [-0.15, -0.1) is 0 Å². The highest BCUT2D eigenvalue weighted by Gasteiger charge is 2.19. The Morgan fingerprint density at radius 2 is 1.84 bits per heavy atom. The zero-order chi connectivity index (χ0) is 14.0. The number of hydrogen-bond donors (Lipinski definition) is 2. The Kier molecular flexibility index (Phi) is 4.16. The Bertz CT molecular complexity index is 547. The number of rotatable bonds is 3. The minimum Gasteiger partial charge on any atom is -0.382 e. The molecule has 0 aliphatic heterocycles. The molecule has 1 aromatic carbocycles. The average molecular weight is 282 g/mol. The van der Waals surface area contributed by atoms with Crippen LogP contribution in [0.5, 0.6) is 0 Å². The standard InChI is InChI=1S/C14H22N2O2S/c1-10-3-6-12(7-4-10)16-13-8-5-11(2)14(9-13)19(15,17)18/h5,8-10,12,16H,3-4,6-7H2,1-2H3,(H2,15,17,18). The van der Waals surface area contributed by atoms with Gasteiger partial charge >= 0.3 is 0 Å². The number of sulfonamides is 1. The zero-order valence-corrected chi connectivity index (χ0v) is 12.3. The molecule has 2 rings (SSSR count). The maximum absolute atomic E-state index is 11.5. The quantitative estimate of drug-likeness (QED) is 0.895. The molecule has 5 heteroatoms. The molecular formula is C14H22N2O2S. The Balaban J connectivity index is 2.14. The van der Waals surface area contributed by atoms with E-state index < -0.39 is 10.0 Å². The molecule has 0 aromatic heterocycles. The third kappa shape index (κ3) is 3.70. The van der Waals surface area contributed by atoms with E-state index in [0.717, 1.165) is 24.4 Å². The molecule has 0 bridgehead atoms. The molecule has 3 N–H and O–H groups in total. The third-order valence-electron chi connectivity index (χ3n) is 3.88. The first kappa shape index (κ1) is 14.3. The molecule has 1 aliphatic rings. The van der Waals surface area contributed by atoms with E-state index in [9.17, 15) is 8.42 Å². The summed E-state index contributed by atoms with van der Waals surface area (Å²) in [6.45, 7) is 4.03. The van der Waals surface area contributed by atoms with Crippen molar-refractivity contribution in [3.8, 4) is 0 Å². The van der Waals surface area contributed by atoms with Crippen molar-refractivity contribution in [2.45, 2.75) is 50.5 Å². The summed E-state index contributed by atoms with van der Waals surface area (Å²) in [5, 5.41) is 8.64. The molecule has 106 valence electrons. The normalized spacial score (nSPS) is 24.2. The summed E-state index contributed by atoms with van der Waals surface area (Å²) < 4.78 is 23.0. The van der Waals surface area contributed by atoms with E-state index in [-0.39, 0.29) is 4.90 Å². The Morgan fingerprint density at radius 3 is 2.42 bits per heavy atom. The summed E-state index contributed by atoms with van der Waals surface area (Å²) in [6.07, 6.45) is 4.73. The molecule has 1 fully saturated rings. The highest BCUT2D eigenvalue weighted by atomic mass is 32.2. The number of anilines is 1. The van der Waals surface area contributed by atoms with Gasteiger partial charge in [-0.05, 0) is 56.2 Å². The highest BCUT2D eigenvalue weighted by molar-refractivity contribution is 7.89. The van der Waals surface area contributed by atoms with Gasteiger partial charge in [0.15, 0.2) is 0 Å². The second-order valence-electron chi connectivity index (χ2n) is 5.63. The lowest BCUT2D eigenvalue weighted by Gasteiger charge is -2.28. The van der Waals surface area contributed by atoms with Crippen molar-refractivity contribution in [1.29, 1.82) is 0 Å². The fraction of sp³-hybridized carbons (Fsp3) is 0.571. The fourth-order valence-electron chi connectivity index (χ4n) is 2.64. The second kappa shape index (κ2) is 5.51. The molecule has 19 heavy (non-hydrogen) atoms. The average Bonchev–Trinajstić information content (AvgIpc) is 2.33. The Hall–Kier alpha value is -1.07. The number of benzene rings is 1. The van der Waals surface area contributed by atoms with Gasteiger partial charge in [-0.1, -0.05) is 13.0 Å². The van der Waals surface area contributed by atoms with E-state index >= 15 is 0 Å². The van der Waals surface area contributed by atoms with Gasteiger partial charge in [0, 0.05) is 11.7 Å². The summed E-state index contributed by atoms with van der Waals surface area (Å²) in [5.41, 5.74) is 1.53. The van der Waals surface area contributed by atoms with Crippen LogP contribution in [0.25, 0.3) is 0 Å². The van der Waals surface area contributed by atoms with E-state index in [0.29, 0.717) is 11.6 Å². The van der Waals surface area contributed by atoms with Gasteiger partial charge in [-0.2, -0.15) is 0 Å². The summed E-state index contributed by atoms with van der Waals surface area (Å²) in [7, 11) is -3.65. The van der Waals surface area contributed by atoms with Gasteiger partial charge in [-0.3, -0.25) is 0 Å². The van der Waals surface area contributed by atoms with Crippen molar-refractivity contribution < 1.29 is 8.42 Å². The van der Waals surface area contributed by atoms with Crippen molar-refractivity contribution in [3.63, 3.8) is 0 Å². The molecule has 0 unspecified atom stereocenters. The predicted molar refractivity (Wildman–Crippen MR) is 77.6 cm³/mol. The van der Waals surface area contributed by atoms with Crippen molar-refractivity contribution in [2.75, 3.05) is 5.32 Å². The molecule has 0 heterocycles. The van der Waals surface area contributed by atoms with Crippen molar-refractivity contribution in [1.82, 2.24) is 0 Å². The molecule has 1 saturated carbocycles. The first-order chi connectivity index (χ1) is 8.86. The van der Waals surface area contributed by atoms with E-state index in [1.165, 1.54) is 12.8 Å². The molecule has 0 spiro atoms. The second-order valence-corrected chi connectivity index (χ2v) is 7.16. The molecule has 1 aliphatic carbocycles. The van der Waals surface area contributed by atoms with Gasteiger partial charge in [0.05, 0.1) is 4.90 Å². The van der Waals surface area contributed by atoms with Crippen molar-refractivity contribution in [3.05, 3.63) is 23.8 Å². The van der Waals surface area contributed by atoms with Crippen LogP contribution in [0.4, 0.5) is 5.69 Å². The molecule has 4 nitrogen and oxygen atoms in total. The molecule has 1 aromatic rings. The van der Waals surface area contributed by atoms with Gasteiger partial charge < -0.3 is 5.32 Å². The lowest BCUT2D eigenvalue weighted by Crippen LogP contribution is -2.25. The first-order valence-electron chi connectivity index (χ1n) is 6.76. The summed E-state index contributed by atoms with van der Waals surface area (Å²) >= 11 is 0. The van der Waals surface area contributed by atoms with Crippen LogP contribution in [0.1, 0.15) is 38.2 Å². The van der Waals surface area contributed by atoms with Gasteiger partial charge in [0.2, 0.25) is 10.0 Å². The van der Waals surface area contributed by atoms with Crippen LogP contribution >= 0.6 is 0 Å². The fourth-order valence-corrected chi connectivity index (χ4v) is 3.44. The number of aryl methyl sites for hydroxylation is 1. The molecule has 0 atom stereocenters. The van der Waals surface area contributed by atoms with E-state index in [1.54, 1.807) is 19.1 Å². The molecule has 0 amide bonds. The number of nitrogens with one attached hydrogen (secondary N) is 1. The van der Waals surface area contributed by atoms with Crippen LogP contribution in [-0.4, -0.2) is 14.5 Å². The largest absolute Gasteiger partial charge is 0.382 e. The predicted octanol–water partition coefficient (Wildman–Crippen LogP) is 2.63. The van der Waals surface area contributed by atoms with Crippen LogP contribution in [0, 0.1) is 12.8 Å². The number of nitrogens with two attached hydrogens (primary N) is 1.